The molecule has 1 aromatic carbocycles. The largest absolute Gasteiger partial charge is 0.477 e. The Kier molecular flexibility index (Phi) is 3.38. The summed E-state index contributed by atoms with van der Waals surface area (Å²) in [7, 11) is 0. The topological polar surface area (TPSA) is 37.3 Å². The Balaban J connectivity index is 2.37. The fraction of sp³-hybridized carbons (Fsp3) is 0.250. The Morgan fingerprint density at radius 2 is 1.83 bits per heavy atom. The predicted molar refractivity (Wildman–Crippen MR) is 62.3 cm³/mol. The van der Waals surface area contributed by atoms with Gasteiger partial charge in [0.25, 0.3) is 0 Å². The van der Waals surface area contributed by atoms with Crippen molar-refractivity contribution in [3.8, 4) is 0 Å². The molecule has 2 rings (SSSR count). The SMILES string of the molecule is O=C(O)C1=CC(c2ccccc2)C(C(F)(F)F)S1. The third-order valence-electron chi connectivity index (χ3n) is 2.63. The van der Waals surface area contributed by atoms with Crippen molar-refractivity contribution in [1.82, 2.24) is 0 Å². The monoisotopic (exact) mass is 274 g/mol. The predicted octanol–water partition coefficient (Wildman–Crippen LogP) is 3.42. The molecule has 1 heterocycles. The standard InChI is InChI=1S/C12H9F3O2S/c13-12(14,15)10-8(6-9(18-10)11(16)17)7-4-2-1-3-5-7/h1-6,8,10H,(H,16,17). The van der Waals surface area contributed by atoms with Gasteiger partial charge in [-0.15, -0.1) is 11.8 Å². The number of carboxylic acids is 1. The number of alkyl halides is 3. The smallest absolute Gasteiger partial charge is 0.401 e. The molecule has 1 aliphatic heterocycles. The van der Waals surface area contributed by atoms with Crippen molar-refractivity contribution < 1.29 is 23.1 Å². The van der Waals surface area contributed by atoms with Gasteiger partial charge >= 0.3 is 12.1 Å². The zero-order valence-electron chi connectivity index (χ0n) is 9.02. The molecule has 0 aliphatic carbocycles. The van der Waals surface area contributed by atoms with Crippen LogP contribution in [0.25, 0.3) is 0 Å². The van der Waals surface area contributed by atoms with Crippen LogP contribution in [0.1, 0.15) is 11.5 Å². The van der Waals surface area contributed by atoms with Crippen LogP contribution in [0, 0.1) is 0 Å². The van der Waals surface area contributed by atoms with Crippen molar-refractivity contribution in [1.29, 1.82) is 0 Å². The van der Waals surface area contributed by atoms with Gasteiger partial charge < -0.3 is 5.11 Å². The number of hydrogen-bond donors (Lipinski definition) is 1. The molecule has 2 atom stereocenters. The molecule has 1 aliphatic rings. The highest BCUT2D eigenvalue weighted by atomic mass is 32.2. The Morgan fingerprint density at radius 1 is 1.22 bits per heavy atom. The minimum absolute atomic E-state index is 0.244. The lowest BCUT2D eigenvalue weighted by Gasteiger charge is -2.21. The van der Waals surface area contributed by atoms with Gasteiger partial charge in [-0.05, 0) is 5.56 Å². The Hall–Kier alpha value is -1.43. The van der Waals surface area contributed by atoms with E-state index in [9.17, 15) is 18.0 Å². The molecule has 1 aromatic rings. The van der Waals surface area contributed by atoms with E-state index in [2.05, 4.69) is 0 Å². The first-order chi connectivity index (χ1) is 8.39. The van der Waals surface area contributed by atoms with E-state index >= 15 is 0 Å². The van der Waals surface area contributed by atoms with Crippen molar-refractivity contribution in [2.24, 2.45) is 0 Å². The lowest BCUT2D eigenvalue weighted by Crippen LogP contribution is -2.29. The van der Waals surface area contributed by atoms with Crippen LogP contribution in [0.15, 0.2) is 41.3 Å². The number of hydrogen-bond acceptors (Lipinski definition) is 2. The average Bonchev–Trinajstić information content (AvgIpc) is 2.74. The van der Waals surface area contributed by atoms with Crippen molar-refractivity contribution >= 4 is 17.7 Å². The number of aliphatic carboxylic acids is 1. The maximum Gasteiger partial charge on any atom is 0.401 e. The molecule has 6 heteroatoms. The van der Waals surface area contributed by atoms with Crippen molar-refractivity contribution in [3.63, 3.8) is 0 Å². The Morgan fingerprint density at radius 3 is 2.33 bits per heavy atom. The molecule has 0 bridgehead atoms. The van der Waals surface area contributed by atoms with Crippen molar-refractivity contribution in [2.45, 2.75) is 17.3 Å². The van der Waals surface area contributed by atoms with E-state index in [4.69, 9.17) is 5.11 Å². The summed E-state index contributed by atoms with van der Waals surface area (Å²) >= 11 is 0.365. The summed E-state index contributed by atoms with van der Waals surface area (Å²) in [6.07, 6.45) is -3.25. The normalized spacial score (nSPS) is 23.8. The molecule has 96 valence electrons. The maximum absolute atomic E-state index is 12.9. The van der Waals surface area contributed by atoms with Crippen LogP contribution < -0.4 is 0 Å². The van der Waals surface area contributed by atoms with E-state index in [0.717, 1.165) is 0 Å². The van der Waals surface area contributed by atoms with Gasteiger partial charge in [0, 0.05) is 5.92 Å². The average molecular weight is 274 g/mol. The summed E-state index contributed by atoms with van der Waals surface area (Å²) in [6.45, 7) is 0. The molecular formula is C12H9F3O2S. The summed E-state index contributed by atoms with van der Waals surface area (Å²) in [4.78, 5) is 10.6. The fourth-order valence-corrected chi connectivity index (χ4v) is 2.95. The van der Waals surface area contributed by atoms with E-state index < -0.39 is 23.3 Å². The second-order valence-corrected chi connectivity index (χ2v) is 5.04. The molecule has 18 heavy (non-hydrogen) atoms. The molecule has 0 fully saturated rings. The van der Waals surface area contributed by atoms with E-state index in [1.807, 2.05) is 0 Å². The summed E-state index contributed by atoms with van der Waals surface area (Å²) in [6, 6.07) is 8.13. The van der Waals surface area contributed by atoms with Gasteiger partial charge in [-0.2, -0.15) is 13.2 Å². The molecule has 0 saturated heterocycles. The summed E-state index contributed by atoms with van der Waals surface area (Å²) in [5.41, 5.74) is 0.476. The molecule has 0 amide bonds. The van der Waals surface area contributed by atoms with Gasteiger partial charge in [0.2, 0.25) is 0 Å². The van der Waals surface area contributed by atoms with Crippen LogP contribution in [0.4, 0.5) is 13.2 Å². The van der Waals surface area contributed by atoms with Gasteiger partial charge in [-0.3, -0.25) is 0 Å². The number of halogens is 3. The number of allylic oxidation sites excluding steroid dienone is 1. The second-order valence-electron chi connectivity index (χ2n) is 3.85. The van der Waals surface area contributed by atoms with E-state index in [1.54, 1.807) is 30.3 Å². The molecule has 0 spiro atoms. The van der Waals surface area contributed by atoms with Gasteiger partial charge in [0.1, 0.15) is 5.25 Å². The molecular weight excluding hydrogens is 265 g/mol. The van der Waals surface area contributed by atoms with Crippen molar-refractivity contribution in [2.75, 3.05) is 0 Å². The zero-order chi connectivity index (χ0) is 13.3. The molecule has 1 N–H and O–H groups in total. The number of thioether (sulfide) groups is 1. The summed E-state index contributed by atoms with van der Waals surface area (Å²) < 4.78 is 38.7. The number of benzene rings is 1. The van der Waals surface area contributed by atoms with Gasteiger partial charge in [-0.25, -0.2) is 4.79 Å². The highest BCUT2D eigenvalue weighted by molar-refractivity contribution is 8.04. The number of carboxylic acid groups (broad SMARTS) is 1. The molecule has 2 unspecified atom stereocenters. The first-order valence-corrected chi connectivity index (χ1v) is 6.01. The molecule has 0 saturated carbocycles. The van der Waals surface area contributed by atoms with Crippen LogP contribution in [0.5, 0.6) is 0 Å². The van der Waals surface area contributed by atoms with Crippen LogP contribution in [-0.4, -0.2) is 22.5 Å². The third-order valence-corrected chi connectivity index (χ3v) is 4.01. The van der Waals surface area contributed by atoms with Crippen LogP contribution >= 0.6 is 11.8 Å². The highest BCUT2D eigenvalue weighted by Crippen LogP contribution is 2.49. The highest BCUT2D eigenvalue weighted by Gasteiger charge is 2.49. The Labute approximate surface area is 106 Å². The minimum Gasteiger partial charge on any atom is -0.477 e. The molecule has 0 radical (unpaired) electrons. The van der Waals surface area contributed by atoms with Crippen molar-refractivity contribution in [3.05, 3.63) is 46.9 Å². The fourth-order valence-electron chi connectivity index (χ4n) is 1.84. The molecule has 2 nitrogen and oxygen atoms in total. The lowest BCUT2D eigenvalue weighted by molar-refractivity contribution is -0.131. The maximum atomic E-state index is 12.9. The first kappa shape index (κ1) is 13.0. The zero-order valence-corrected chi connectivity index (χ0v) is 9.83. The van der Waals surface area contributed by atoms with E-state index in [-0.39, 0.29) is 4.91 Å². The lowest BCUT2D eigenvalue weighted by atomic mass is 9.95. The van der Waals surface area contributed by atoms with Crippen LogP contribution in [-0.2, 0) is 4.79 Å². The number of carbonyl (C=O) groups is 1. The summed E-state index contributed by atoms with van der Waals surface area (Å²) in [5, 5.41) is 7.07. The minimum atomic E-state index is -4.43. The van der Waals surface area contributed by atoms with Gasteiger partial charge in [0.15, 0.2) is 0 Å². The second kappa shape index (κ2) is 4.68. The van der Waals surface area contributed by atoms with Crippen LogP contribution in [0.3, 0.4) is 0 Å². The van der Waals surface area contributed by atoms with Crippen LogP contribution in [0.2, 0.25) is 0 Å². The number of rotatable bonds is 2. The van der Waals surface area contributed by atoms with E-state index in [1.165, 1.54) is 6.08 Å². The van der Waals surface area contributed by atoms with Gasteiger partial charge in [-0.1, -0.05) is 36.4 Å². The third kappa shape index (κ3) is 2.53. The quantitative estimate of drug-likeness (QED) is 0.898. The summed E-state index contributed by atoms with van der Waals surface area (Å²) in [5.74, 6) is -2.25. The van der Waals surface area contributed by atoms with Gasteiger partial charge in [0.05, 0.1) is 4.91 Å². The van der Waals surface area contributed by atoms with E-state index in [0.29, 0.717) is 17.3 Å². The molecule has 0 aromatic heterocycles. The first-order valence-electron chi connectivity index (χ1n) is 5.13. The Bertz CT molecular complexity index is 482.